The summed E-state index contributed by atoms with van der Waals surface area (Å²) >= 11 is 0. The van der Waals surface area contributed by atoms with Gasteiger partial charge in [0.05, 0.1) is 0 Å². The SMILES string of the molecule is Cc1cccc2c1CCC(C(C)(C)C=O)C2. The van der Waals surface area contributed by atoms with Crippen LogP contribution in [0.5, 0.6) is 0 Å². The van der Waals surface area contributed by atoms with Gasteiger partial charge in [0.15, 0.2) is 0 Å². The van der Waals surface area contributed by atoms with E-state index in [1.165, 1.54) is 16.7 Å². The van der Waals surface area contributed by atoms with Crippen LogP contribution < -0.4 is 0 Å². The molecule has 0 aromatic heterocycles. The molecular weight excluding hydrogens is 196 g/mol. The fraction of sp³-hybridized carbons (Fsp3) is 0.533. The molecule has 1 aliphatic carbocycles. The molecule has 0 amide bonds. The van der Waals surface area contributed by atoms with E-state index in [0.29, 0.717) is 5.92 Å². The van der Waals surface area contributed by atoms with Gasteiger partial charge in [0.1, 0.15) is 6.29 Å². The molecule has 0 N–H and O–H groups in total. The van der Waals surface area contributed by atoms with Gasteiger partial charge >= 0.3 is 0 Å². The quantitative estimate of drug-likeness (QED) is 0.693. The molecule has 1 atom stereocenters. The molecule has 86 valence electrons. The Hall–Kier alpha value is -1.11. The van der Waals surface area contributed by atoms with E-state index in [1.807, 2.05) is 0 Å². The van der Waals surface area contributed by atoms with Crippen LogP contribution in [0.3, 0.4) is 0 Å². The second-order valence-electron chi connectivity index (χ2n) is 5.59. The van der Waals surface area contributed by atoms with Crippen LogP contribution in [0.2, 0.25) is 0 Å². The topological polar surface area (TPSA) is 17.1 Å². The van der Waals surface area contributed by atoms with E-state index < -0.39 is 0 Å². The monoisotopic (exact) mass is 216 g/mol. The lowest BCUT2D eigenvalue weighted by Crippen LogP contribution is -2.30. The second kappa shape index (κ2) is 4.04. The fourth-order valence-corrected chi connectivity index (χ4v) is 2.73. The van der Waals surface area contributed by atoms with E-state index in [2.05, 4.69) is 39.0 Å². The van der Waals surface area contributed by atoms with E-state index in [1.54, 1.807) is 0 Å². The third kappa shape index (κ3) is 1.91. The maximum absolute atomic E-state index is 11.1. The minimum Gasteiger partial charge on any atom is -0.303 e. The Balaban J connectivity index is 2.28. The summed E-state index contributed by atoms with van der Waals surface area (Å²) in [6.45, 7) is 6.31. The highest BCUT2D eigenvalue weighted by atomic mass is 16.1. The zero-order chi connectivity index (χ0) is 11.8. The second-order valence-corrected chi connectivity index (χ2v) is 5.59. The Morgan fingerprint density at radius 1 is 1.38 bits per heavy atom. The highest BCUT2D eigenvalue weighted by Crippen LogP contribution is 2.37. The first-order chi connectivity index (χ1) is 7.54. The van der Waals surface area contributed by atoms with Crippen LogP contribution in [0.1, 0.15) is 37.0 Å². The zero-order valence-electron chi connectivity index (χ0n) is 10.4. The largest absolute Gasteiger partial charge is 0.303 e. The molecule has 0 fully saturated rings. The van der Waals surface area contributed by atoms with Crippen LogP contribution >= 0.6 is 0 Å². The summed E-state index contributed by atoms with van der Waals surface area (Å²) in [5.41, 5.74) is 4.19. The number of hydrogen-bond donors (Lipinski definition) is 0. The fourth-order valence-electron chi connectivity index (χ4n) is 2.73. The van der Waals surface area contributed by atoms with E-state index in [0.717, 1.165) is 25.5 Å². The molecule has 0 saturated carbocycles. The smallest absolute Gasteiger partial charge is 0.125 e. The van der Waals surface area contributed by atoms with Crippen LogP contribution in [0.25, 0.3) is 0 Å². The first kappa shape index (κ1) is 11.4. The van der Waals surface area contributed by atoms with Crippen LogP contribution in [0.4, 0.5) is 0 Å². The predicted octanol–water partition coefficient (Wildman–Crippen LogP) is 3.33. The molecule has 0 aliphatic heterocycles. The average Bonchev–Trinajstić information content (AvgIpc) is 2.29. The van der Waals surface area contributed by atoms with Gasteiger partial charge in [0.2, 0.25) is 0 Å². The van der Waals surface area contributed by atoms with Crippen molar-refractivity contribution in [3.8, 4) is 0 Å². The van der Waals surface area contributed by atoms with Gasteiger partial charge < -0.3 is 4.79 Å². The Morgan fingerprint density at radius 3 is 2.81 bits per heavy atom. The van der Waals surface area contributed by atoms with Crippen molar-refractivity contribution in [1.29, 1.82) is 0 Å². The standard InChI is InChI=1S/C15H20O/c1-11-5-4-6-12-9-13(7-8-14(11)12)15(2,3)10-16/h4-6,10,13H,7-9H2,1-3H3. The van der Waals surface area contributed by atoms with Gasteiger partial charge in [-0.25, -0.2) is 0 Å². The average molecular weight is 216 g/mol. The van der Waals surface area contributed by atoms with Gasteiger partial charge in [-0.3, -0.25) is 0 Å². The predicted molar refractivity (Wildman–Crippen MR) is 66.5 cm³/mol. The minimum atomic E-state index is -0.179. The molecule has 2 rings (SSSR count). The third-order valence-corrected chi connectivity index (χ3v) is 4.07. The summed E-state index contributed by atoms with van der Waals surface area (Å²) in [5.74, 6) is 0.499. The van der Waals surface area contributed by atoms with Gasteiger partial charge in [-0.05, 0) is 48.8 Å². The highest BCUT2D eigenvalue weighted by molar-refractivity contribution is 5.59. The lowest BCUT2D eigenvalue weighted by Gasteiger charge is -2.34. The maximum Gasteiger partial charge on any atom is 0.125 e. The van der Waals surface area contributed by atoms with Gasteiger partial charge in [0, 0.05) is 5.41 Å². The van der Waals surface area contributed by atoms with E-state index >= 15 is 0 Å². The Kier molecular flexibility index (Phi) is 2.88. The summed E-state index contributed by atoms with van der Waals surface area (Å²) in [6.07, 6.45) is 4.45. The van der Waals surface area contributed by atoms with Crippen molar-refractivity contribution >= 4 is 6.29 Å². The summed E-state index contributed by atoms with van der Waals surface area (Å²) in [7, 11) is 0. The number of carbonyl (C=O) groups excluding carboxylic acids is 1. The van der Waals surface area contributed by atoms with Crippen molar-refractivity contribution < 1.29 is 4.79 Å². The zero-order valence-corrected chi connectivity index (χ0v) is 10.4. The Morgan fingerprint density at radius 2 is 2.12 bits per heavy atom. The summed E-state index contributed by atoms with van der Waals surface area (Å²) < 4.78 is 0. The van der Waals surface area contributed by atoms with E-state index in [4.69, 9.17) is 0 Å². The lowest BCUT2D eigenvalue weighted by atomic mass is 9.70. The molecule has 0 spiro atoms. The maximum atomic E-state index is 11.1. The molecule has 1 aliphatic rings. The van der Waals surface area contributed by atoms with Crippen molar-refractivity contribution in [1.82, 2.24) is 0 Å². The van der Waals surface area contributed by atoms with Crippen molar-refractivity contribution in [2.75, 3.05) is 0 Å². The number of rotatable bonds is 2. The number of aldehydes is 1. The minimum absolute atomic E-state index is 0.179. The van der Waals surface area contributed by atoms with Crippen LogP contribution in [0, 0.1) is 18.3 Å². The van der Waals surface area contributed by atoms with Crippen LogP contribution in [0.15, 0.2) is 18.2 Å². The summed E-state index contributed by atoms with van der Waals surface area (Å²) in [4.78, 5) is 11.1. The van der Waals surface area contributed by atoms with Gasteiger partial charge in [-0.15, -0.1) is 0 Å². The normalized spacial score (nSPS) is 20.3. The molecule has 0 saturated heterocycles. The van der Waals surface area contributed by atoms with Crippen LogP contribution in [-0.4, -0.2) is 6.29 Å². The molecule has 1 aromatic rings. The molecule has 1 nitrogen and oxygen atoms in total. The summed E-state index contributed by atoms with van der Waals surface area (Å²) in [5, 5.41) is 0. The van der Waals surface area contributed by atoms with Gasteiger partial charge in [-0.2, -0.15) is 0 Å². The molecular formula is C15H20O. The van der Waals surface area contributed by atoms with Crippen LogP contribution in [-0.2, 0) is 17.6 Å². The van der Waals surface area contributed by atoms with Crippen molar-refractivity contribution in [2.45, 2.75) is 40.0 Å². The lowest BCUT2D eigenvalue weighted by molar-refractivity contribution is -0.117. The molecule has 0 bridgehead atoms. The molecule has 0 heterocycles. The number of benzene rings is 1. The Labute approximate surface area is 97.9 Å². The van der Waals surface area contributed by atoms with Crippen molar-refractivity contribution in [3.05, 3.63) is 34.9 Å². The van der Waals surface area contributed by atoms with Gasteiger partial charge in [-0.1, -0.05) is 32.0 Å². The number of carbonyl (C=O) groups is 1. The van der Waals surface area contributed by atoms with E-state index in [9.17, 15) is 4.79 Å². The molecule has 1 heteroatoms. The number of aryl methyl sites for hydroxylation is 1. The molecule has 1 aromatic carbocycles. The van der Waals surface area contributed by atoms with Crippen molar-refractivity contribution in [2.24, 2.45) is 11.3 Å². The van der Waals surface area contributed by atoms with Gasteiger partial charge in [0.25, 0.3) is 0 Å². The molecule has 0 radical (unpaired) electrons. The van der Waals surface area contributed by atoms with E-state index in [-0.39, 0.29) is 5.41 Å². The molecule has 16 heavy (non-hydrogen) atoms. The summed E-state index contributed by atoms with van der Waals surface area (Å²) in [6, 6.07) is 6.53. The van der Waals surface area contributed by atoms with Crippen molar-refractivity contribution in [3.63, 3.8) is 0 Å². The number of fused-ring (bicyclic) bond motifs is 1. The first-order valence-corrected chi connectivity index (χ1v) is 6.08. The highest BCUT2D eigenvalue weighted by Gasteiger charge is 2.32. The Bertz CT molecular complexity index is 404. The first-order valence-electron chi connectivity index (χ1n) is 6.08. The third-order valence-electron chi connectivity index (χ3n) is 4.07. The number of hydrogen-bond acceptors (Lipinski definition) is 1. The molecule has 1 unspecified atom stereocenters.